The quantitative estimate of drug-likeness (QED) is 0.0802. The van der Waals surface area contributed by atoms with E-state index in [1.54, 1.807) is 141 Å². The summed E-state index contributed by atoms with van der Waals surface area (Å²) >= 11 is 12.6. The van der Waals surface area contributed by atoms with E-state index < -0.39 is 24.1 Å². The number of hydrogen-bond donors (Lipinski definition) is 6. The van der Waals surface area contributed by atoms with Crippen molar-refractivity contribution < 1.29 is 14.3 Å². The minimum absolute atomic E-state index is 0.285. The zero-order valence-electron chi connectivity index (χ0n) is 35.5. The van der Waals surface area contributed by atoms with E-state index in [2.05, 4.69) is 31.2 Å². The molecule has 0 bridgehead atoms. The summed E-state index contributed by atoms with van der Waals surface area (Å²) in [5.74, 6) is 1.28. The molecule has 2 atom stereocenters. The van der Waals surface area contributed by atoms with Gasteiger partial charge in [-0.3, -0.25) is 18.7 Å². The van der Waals surface area contributed by atoms with Gasteiger partial charge in [0.25, 0.3) is 11.1 Å². The Labute approximate surface area is 387 Å². The number of halogens is 2. The number of para-hydroxylation sites is 3. The highest BCUT2D eigenvalue weighted by Gasteiger charge is 2.20. The molecule has 0 spiro atoms. The van der Waals surface area contributed by atoms with Crippen molar-refractivity contribution in [2.45, 2.75) is 25.9 Å². The van der Waals surface area contributed by atoms with Crippen molar-refractivity contribution in [3.63, 3.8) is 0 Å². The molecule has 0 aliphatic carbocycles. The average Bonchev–Trinajstić information content (AvgIpc) is 3.29. The molecule has 2 aromatic heterocycles. The summed E-state index contributed by atoms with van der Waals surface area (Å²) in [7, 11) is 1.53. The van der Waals surface area contributed by atoms with Crippen LogP contribution in [0.2, 0.25) is 10.0 Å². The summed E-state index contributed by atoms with van der Waals surface area (Å²) in [5, 5.41) is 21.3. The molecule has 8 aromatic rings. The smallest absolute Gasteiger partial charge is 0.323 e. The topological polar surface area (TPSA) is 237 Å². The highest BCUT2D eigenvalue weighted by atomic mass is 35.5. The van der Waals surface area contributed by atoms with Crippen LogP contribution in [-0.4, -0.2) is 38.3 Å². The van der Waals surface area contributed by atoms with Gasteiger partial charge in [-0.1, -0.05) is 71.7 Å². The van der Waals surface area contributed by atoms with E-state index in [0.717, 1.165) is 0 Å². The van der Waals surface area contributed by atoms with Crippen LogP contribution >= 0.6 is 23.2 Å². The maximum Gasteiger partial charge on any atom is 0.323 e. The first-order valence-corrected chi connectivity index (χ1v) is 21.0. The summed E-state index contributed by atoms with van der Waals surface area (Å²) in [6.07, 6.45) is 0. The van der Waals surface area contributed by atoms with E-state index in [-0.39, 0.29) is 16.5 Å². The standard InChI is InChI=1S/C24H19ClN6O2.C24H22ClN5O3/c1-14(27)22-29-20-11-5-9-18(25)21(20)23(32)31(22)17-8-4-7-16(12-17)28-24(33)30-19-10-3-2-6-15(19)13-26;1-14(26)22-28-19-11-6-9-17(25)21(19)23(31)30(22)16-8-5-7-15(13-16)27-24(32)29-18-10-3-4-12-20(18)33-2/h2-12,14H,27H2,1H3,(H2,28,30,33);3-14H,26H2,1-2H3,(H2,27,29,32). The number of hydrogen-bond acceptors (Lipinski definition) is 10. The number of nitrogens with one attached hydrogen (secondary N) is 4. The van der Waals surface area contributed by atoms with Gasteiger partial charge in [0.1, 0.15) is 23.5 Å². The number of fused-ring (bicyclic) bond motifs is 2. The average molecular weight is 923 g/mol. The Hall–Kier alpha value is -8.07. The minimum Gasteiger partial charge on any atom is -0.495 e. The highest BCUT2D eigenvalue weighted by Crippen LogP contribution is 2.27. The number of urea groups is 2. The van der Waals surface area contributed by atoms with Gasteiger partial charge in [0, 0.05) is 11.4 Å². The highest BCUT2D eigenvalue weighted by molar-refractivity contribution is 6.35. The molecule has 6 aromatic carbocycles. The van der Waals surface area contributed by atoms with Crippen LogP contribution < -0.4 is 48.6 Å². The van der Waals surface area contributed by atoms with E-state index in [1.165, 1.54) is 16.2 Å². The maximum atomic E-state index is 13.4. The number of nitriles is 1. The summed E-state index contributed by atoms with van der Waals surface area (Å²) in [4.78, 5) is 61.0. The lowest BCUT2D eigenvalue weighted by molar-refractivity contribution is 0.261. The van der Waals surface area contributed by atoms with Crippen LogP contribution in [0.3, 0.4) is 0 Å². The molecule has 2 unspecified atom stereocenters. The molecule has 0 aliphatic heterocycles. The third kappa shape index (κ3) is 10.00. The van der Waals surface area contributed by atoms with Crippen molar-refractivity contribution >= 4 is 79.8 Å². The molecule has 0 saturated heterocycles. The van der Waals surface area contributed by atoms with Crippen molar-refractivity contribution in [1.29, 1.82) is 5.26 Å². The fourth-order valence-electron chi connectivity index (χ4n) is 6.98. The van der Waals surface area contributed by atoms with Crippen LogP contribution in [0.15, 0.2) is 143 Å². The normalized spacial score (nSPS) is 11.7. The molecule has 332 valence electrons. The first kappa shape index (κ1) is 45.9. The predicted molar refractivity (Wildman–Crippen MR) is 259 cm³/mol. The van der Waals surface area contributed by atoms with Gasteiger partial charge < -0.3 is 37.5 Å². The van der Waals surface area contributed by atoms with Crippen LogP contribution in [0.4, 0.5) is 32.3 Å². The number of anilines is 4. The molecular formula is C48H41Cl2N11O5. The van der Waals surface area contributed by atoms with E-state index in [1.807, 2.05) is 12.1 Å². The predicted octanol–water partition coefficient (Wildman–Crippen LogP) is 9.29. The van der Waals surface area contributed by atoms with E-state index in [9.17, 15) is 24.4 Å². The monoisotopic (exact) mass is 921 g/mol. The Morgan fingerprint density at radius 1 is 0.621 bits per heavy atom. The Bertz CT molecular complexity index is 3310. The first-order valence-electron chi connectivity index (χ1n) is 20.2. The number of carbonyl (C=O) groups is 2. The second-order valence-electron chi connectivity index (χ2n) is 14.7. The van der Waals surface area contributed by atoms with Gasteiger partial charge in [-0.25, -0.2) is 19.6 Å². The van der Waals surface area contributed by atoms with Gasteiger partial charge in [0.2, 0.25) is 0 Å². The van der Waals surface area contributed by atoms with Crippen molar-refractivity contribution in [2.75, 3.05) is 28.4 Å². The SMILES string of the molecule is CC(N)c1nc2cccc(Cl)c2c(=O)n1-c1cccc(NC(=O)Nc2ccccc2C#N)c1.COc1ccccc1NC(=O)Nc1cccc(-n2c(C(C)N)nc3cccc(Cl)c3c2=O)c1. The number of nitrogens with zero attached hydrogens (tertiary/aromatic N) is 5. The van der Waals surface area contributed by atoms with Gasteiger partial charge in [-0.05, 0) is 98.8 Å². The first-order chi connectivity index (χ1) is 31.8. The number of amides is 4. The molecule has 8 rings (SSSR count). The largest absolute Gasteiger partial charge is 0.495 e. The third-order valence-electron chi connectivity index (χ3n) is 9.94. The second-order valence-corrected chi connectivity index (χ2v) is 15.5. The molecule has 66 heavy (non-hydrogen) atoms. The summed E-state index contributed by atoms with van der Waals surface area (Å²) in [5.41, 5.74) is 15.6. The molecule has 18 heteroatoms. The van der Waals surface area contributed by atoms with E-state index >= 15 is 0 Å². The van der Waals surface area contributed by atoms with Gasteiger partial charge in [-0.15, -0.1) is 0 Å². The molecule has 8 N–H and O–H groups in total. The number of methoxy groups -OCH3 is 1. The maximum absolute atomic E-state index is 13.4. The number of carbonyl (C=O) groups excluding carboxylic acids is 2. The van der Waals surface area contributed by atoms with Gasteiger partial charge >= 0.3 is 12.1 Å². The lowest BCUT2D eigenvalue weighted by atomic mass is 10.2. The van der Waals surface area contributed by atoms with E-state index in [4.69, 9.17) is 39.4 Å². The molecule has 4 amide bonds. The second kappa shape index (κ2) is 20.2. The van der Waals surface area contributed by atoms with Crippen molar-refractivity contribution in [3.05, 3.63) is 181 Å². The fraction of sp³-hybridized carbons (Fsp3) is 0.104. The van der Waals surface area contributed by atoms with Gasteiger partial charge in [0.05, 0.1) is 79.4 Å². The van der Waals surface area contributed by atoms with Crippen LogP contribution in [-0.2, 0) is 0 Å². The van der Waals surface area contributed by atoms with Crippen molar-refractivity contribution in [2.24, 2.45) is 11.5 Å². The zero-order valence-corrected chi connectivity index (χ0v) is 37.1. The lowest BCUT2D eigenvalue weighted by Crippen LogP contribution is -2.28. The number of aromatic nitrogens is 4. The van der Waals surface area contributed by atoms with Gasteiger partial charge in [-0.2, -0.15) is 5.26 Å². The Morgan fingerprint density at radius 2 is 1.06 bits per heavy atom. The lowest BCUT2D eigenvalue weighted by Gasteiger charge is -2.17. The van der Waals surface area contributed by atoms with Crippen LogP contribution in [0.25, 0.3) is 33.2 Å². The number of benzene rings is 6. The summed E-state index contributed by atoms with van der Waals surface area (Å²) in [6, 6.07) is 37.4. The molecule has 0 fully saturated rings. The van der Waals surface area contributed by atoms with Gasteiger partial charge in [0.15, 0.2) is 0 Å². The fourth-order valence-corrected chi connectivity index (χ4v) is 7.48. The molecule has 2 heterocycles. The van der Waals surface area contributed by atoms with Crippen LogP contribution in [0.1, 0.15) is 43.1 Å². The van der Waals surface area contributed by atoms with Crippen molar-refractivity contribution in [3.8, 4) is 23.2 Å². The Kier molecular flexibility index (Phi) is 14.0. The Morgan fingerprint density at radius 3 is 1.53 bits per heavy atom. The molecule has 16 nitrogen and oxygen atoms in total. The number of rotatable bonds is 9. The van der Waals surface area contributed by atoms with Crippen LogP contribution in [0, 0.1) is 11.3 Å². The molecule has 0 aliphatic rings. The number of nitrogens with two attached hydrogens (primary N) is 2. The zero-order chi connectivity index (χ0) is 47.1. The Balaban J connectivity index is 0.000000196. The number of ether oxygens (including phenoxy) is 1. The van der Waals surface area contributed by atoms with E-state index in [0.29, 0.717) is 83.6 Å². The van der Waals surface area contributed by atoms with Crippen molar-refractivity contribution in [1.82, 2.24) is 19.1 Å². The summed E-state index contributed by atoms with van der Waals surface area (Å²) < 4.78 is 8.07. The molecule has 0 radical (unpaired) electrons. The minimum atomic E-state index is -0.538. The summed E-state index contributed by atoms with van der Waals surface area (Å²) in [6.45, 7) is 3.48. The third-order valence-corrected chi connectivity index (χ3v) is 10.6. The van der Waals surface area contributed by atoms with Crippen LogP contribution in [0.5, 0.6) is 5.75 Å². The molecular weight excluding hydrogens is 882 g/mol. The molecule has 0 saturated carbocycles.